The Bertz CT molecular complexity index is 901. The summed E-state index contributed by atoms with van der Waals surface area (Å²) >= 11 is 0. The Balaban J connectivity index is 1.51. The molecular formula is C20H26F2N6. The predicted octanol–water partition coefficient (Wildman–Crippen LogP) is 3.32. The molecule has 1 aliphatic carbocycles. The van der Waals surface area contributed by atoms with Crippen molar-refractivity contribution in [1.82, 2.24) is 24.6 Å². The summed E-state index contributed by atoms with van der Waals surface area (Å²) in [7, 11) is 2.14. The number of hydrogen-bond acceptors (Lipinski definition) is 5. The molecule has 0 aromatic carbocycles. The van der Waals surface area contributed by atoms with Crippen LogP contribution in [0.25, 0.3) is 11.2 Å². The van der Waals surface area contributed by atoms with Crippen molar-refractivity contribution in [2.45, 2.75) is 39.2 Å². The molecular weight excluding hydrogens is 362 g/mol. The molecule has 0 spiro atoms. The second kappa shape index (κ2) is 7.87. The summed E-state index contributed by atoms with van der Waals surface area (Å²) in [6.07, 6.45) is 6.17. The van der Waals surface area contributed by atoms with Crippen molar-refractivity contribution in [3.05, 3.63) is 29.9 Å². The van der Waals surface area contributed by atoms with Gasteiger partial charge in [-0.1, -0.05) is 6.92 Å². The lowest BCUT2D eigenvalue weighted by Gasteiger charge is -2.39. The fourth-order valence-corrected chi connectivity index (χ4v) is 4.33. The first-order chi connectivity index (χ1) is 13.5. The molecule has 0 amide bonds. The number of alkyl halides is 2. The molecule has 2 atom stereocenters. The zero-order valence-corrected chi connectivity index (χ0v) is 16.4. The number of anilines is 1. The molecule has 0 N–H and O–H groups in total. The van der Waals surface area contributed by atoms with Crippen LogP contribution in [0.15, 0.2) is 29.9 Å². The van der Waals surface area contributed by atoms with Gasteiger partial charge < -0.3 is 9.80 Å². The lowest BCUT2D eigenvalue weighted by molar-refractivity contribution is 0.123. The highest BCUT2D eigenvalue weighted by Crippen LogP contribution is 2.28. The van der Waals surface area contributed by atoms with Gasteiger partial charge in [0, 0.05) is 26.7 Å². The highest BCUT2D eigenvalue weighted by atomic mass is 19.3. The maximum Gasteiger partial charge on any atom is 0.258 e. The average molecular weight is 388 g/mol. The molecule has 1 fully saturated rings. The molecule has 6 nitrogen and oxygen atoms in total. The standard InChI is InChI=1S/C20H26F2N6/c1-14-7-15(11-26(2)16-5-3-4-6-16)12-27(10-14)19-9-23-17-8-24-28(13-18(21)22)20(17)25-19/h3,8-9,14-15,18H,4,6-7,10-13H2,1-2H3/t14-,15-/m1/s1. The van der Waals surface area contributed by atoms with Crippen molar-refractivity contribution in [3.63, 3.8) is 0 Å². The van der Waals surface area contributed by atoms with Crippen LogP contribution in [0.5, 0.6) is 0 Å². The molecule has 150 valence electrons. The number of rotatable bonds is 6. The lowest BCUT2D eigenvalue weighted by atomic mass is 9.90. The molecule has 2 aromatic rings. The van der Waals surface area contributed by atoms with Gasteiger partial charge in [-0.15, -0.1) is 5.73 Å². The topological polar surface area (TPSA) is 50.1 Å². The molecule has 2 aromatic heterocycles. The number of halogens is 2. The zero-order valence-electron chi connectivity index (χ0n) is 16.4. The van der Waals surface area contributed by atoms with Crippen LogP contribution in [0.4, 0.5) is 14.6 Å². The minimum atomic E-state index is -2.47. The Hall–Kier alpha value is -2.47. The van der Waals surface area contributed by atoms with Crippen molar-refractivity contribution in [1.29, 1.82) is 0 Å². The van der Waals surface area contributed by atoms with E-state index in [0.29, 0.717) is 23.0 Å². The Kier molecular flexibility index (Phi) is 5.31. The second-order valence-corrected chi connectivity index (χ2v) is 7.98. The number of allylic oxidation sites excluding steroid dienone is 1. The Morgan fingerprint density at radius 2 is 2.18 bits per heavy atom. The van der Waals surface area contributed by atoms with E-state index in [1.54, 1.807) is 6.20 Å². The summed E-state index contributed by atoms with van der Waals surface area (Å²) in [4.78, 5) is 13.6. The molecule has 8 heteroatoms. The first kappa shape index (κ1) is 18.9. The minimum Gasteiger partial charge on any atom is -0.371 e. The van der Waals surface area contributed by atoms with Crippen molar-refractivity contribution < 1.29 is 8.78 Å². The minimum absolute atomic E-state index is 0.422. The van der Waals surface area contributed by atoms with Crippen LogP contribution < -0.4 is 4.90 Å². The molecule has 1 saturated heterocycles. The van der Waals surface area contributed by atoms with Gasteiger partial charge >= 0.3 is 0 Å². The third-order valence-corrected chi connectivity index (χ3v) is 5.50. The highest BCUT2D eigenvalue weighted by Gasteiger charge is 2.27. The summed E-state index contributed by atoms with van der Waals surface area (Å²) in [6, 6.07) is 0. The molecule has 0 unspecified atom stereocenters. The van der Waals surface area contributed by atoms with Gasteiger partial charge in [0.15, 0.2) is 5.65 Å². The summed E-state index contributed by atoms with van der Waals surface area (Å²) in [5.74, 6) is 1.78. The summed E-state index contributed by atoms with van der Waals surface area (Å²) in [5, 5.41) is 4.01. The SMILES string of the molecule is C[C@@H]1C[C@H](CN(C)C2=C=CCC2)CN(c2cnc3cnn(CC(F)F)c3n2)C1. The smallest absolute Gasteiger partial charge is 0.258 e. The van der Waals surface area contributed by atoms with E-state index in [9.17, 15) is 8.78 Å². The van der Waals surface area contributed by atoms with Crippen LogP contribution in [-0.4, -0.2) is 57.8 Å². The van der Waals surface area contributed by atoms with Crippen molar-refractivity contribution in [2.75, 3.05) is 31.6 Å². The van der Waals surface area contributed by atoms with Gasteiger partial charge in [0.1, 0.15) is 17.9 Å². The lowest BCUT2D eigenvalue weighted by Crippen LogP contribution is -2.43. The van der Waals surface area contributed by atoms with Gasteiger partial charge in [-0.2, -0.15) is 5.10 Å². The average Bonchev–Trinajstić information content (AvgIpc) is 3.31. The van der Waals surface area contributed by atoms with Crippen LogP contribution in [-0.2, 0) is 6.54 Å². The molecule has 1 aliphatic heterocycles. The molecule has 3 heterocycles. The van der Waals surface area contributed by atoms with Crippen molar-refractivity contribution in [3.8, 4) is 0 Å². The van der Waals surface area contributed by atoms with Crippen molar-refractivity contribution in [2.24, 2.45) is 11.8 Å². The highest BCUT2D eigenvalue weighted by molar-refractivity contribution is 5.71. The van der Waals surface area contributed by atoms with E-state index in [1.165, 1.54) is 16.6 Å². The van der Waals surface area contributed by atoms with E-state index in [-0.39, 0.29) is 0 Å². The van der Waals surface area contributed by atoms with Gasteiger partial charge in [-0.3, -0.25) is 0 Å². The molecule has 0 bridgehead atoms. The second-order valence-electron chi connectivity index (χ2n) is 7.98. The van der Waals surface area contributed by atoms with Crippen LogP contribution >= 0.6 is 0 Å². The maximum absolute atomic E-state index is 12.8. The number of hydrogen-bond donors (Lipinski definition) is 0. The molecule has 0 radical (unpaired) electrons. The van der Waals surface area contributed by atoms with Gasteiger partial charge in [0.05, 0.1) is 18.1 Å². The van der Waals surface area contributed by atoms with E-state index < -0.39 is 13.0 Å². The Morgan fingerprint density at radius 3 is 2.93 bits per heavy atom. The van der Waals surface area contributed by atoms with E-state index in [2.05, 4.69) is 50.6 Å². The van der Waals surface area contributed by atoms with Crippen LogP contribution in [0.3, 0.4) is 0 Å². The predicted molar refractivity (Wildman–Crippen MR) is 104 cm³/mol. The zero-order chi connectivity index (χ0) is 19.7. The fourth-order valence-electron chi connectivity index (χ4n) is 4.33. The number of fused-ring (bicyclic) bond motifs is 1. The van der Waals surface area contributed by atoms with Crippen LogP contribution in [0.2, 0.25) is 0 Å². The molecule has 0 saturated carbocycles. The fraction of sp³-hybridized carbons (Fsp3) is 0.600. The summed E-state index contributed by atoms with van der Waals surface area (Å²) in [6.45, 7) is 4.55. The largest absolute Gasteiger partial charge is 0.371 e. The maximum atomic E-state index is 12.8. The first-order valence-electron chi connectivity index (χ1n) is 9.86. The van der Waals surface area contributed by atoms with E-state index in [4.69, 9.17) is 0 Å². The van der Waals surface area contributed by atoms with Gasteiger partial charge in [0.2, 0.25) is 0 Å². The first-order valence-corrected chi connectivity index (χ1v) is 9.86. The van der Waals surface area contributed by atoms with E-state index in [0.717, 1.165) is 44.7 Å². The Labute approximate surface area is 163 Å². The quantitative estimate of drug-likeness (QED) is 0.711. The van der Waals surface area contributed by atoms with Gasteiger partial charge in [0.25, 0.3) is 6.43 Å². The number of piperidine rings is 1. The van der Waals surface area contributed by atoms with Gasteiger partial charge in [-0.25, -0.2) is 23.4 Å². The summed E-state index contributed by atoms with van der Waals surface area (Å²) < 4.78 is 26.8. The van der Waals surface area contributed by atoms with Crippen molar-refractivity contribution >= 4 is 17.0 Å². The number of nitrogens with zero attached hydrogens (tertiary/aromatic N) is 6. The van der Waals surface area contributed by atoms with E-state index in [1.807, 2.05) is 0 Å². The summed E-state index contributed by atoms with van der Waals surface area (Å²) in [5.41, 5.74) is 5.60. The Morgan fingerprint density at radius 1 is 1.32 bits per heavy atom. The van der Waals surface area contributed by atoms with E-state index >= 15 is 0 Å². The van der Waals surface area contributed by atoms with Crippen LogP contribution in [0.1, 0.15) is 26.2 Å². The third-order valence-electron chi connectivity index (χ3n) is 5.50. The number of aromatic nitrogens is 4. The van der Waals surface area contributed by atoms with Crippen LogP contribution in [0, 0.1) is 11.8 Å². The monoisotopic (exact) mass is 388 g/mol. The third kappa shape index (κ3) is 4.02. The molecule has 2 aliphatic rings. The van der Waals surface area contributed by atoms with Gasteiger partial charge in [-0.05, 0) is 37.2 Å². The normalized spacial score (nSPS) is 22.3. The molecule has 4 rings (SSSR count). The molecule has 28 heavy (non-hydrogen) atoms.